The van der Waals surface area contributed by atoms with Crippen LogP contribution in [0.25, 0.3) is 0 Å². The second kappa shape index (κ2) is 11.1. The molecular formula is C28H39N3O. The molecule has 1 unspecified atom stereocenters. The van der Waals surface area contributed by atoms with Crippen molar-refractivity contribution in [2.45, 2.75) is 59.2 Å². The van der Waals surface area contributed by atoms with Crippen LogP contribution in [-0.4, -0.2) is 41.9 Å². The molecule has 1 atom stereocenters. The highest BCUT2D eigenvalue weighted by Crippen LogP contribution is 2.19. The Hall–Kier alpha value is -2.17. The summed E-state index contributed by atoms with van der Waals surface area (Å²) in [6.45, 7) is 12.0. The third kappa shape index (κ3) is 6.66. The van der Waals surface area contributed by atoms with Gasteiger partial charge in [-0.05, 0) is 86.0 Å². The minimum atomic E-state index is -0.00129. The van der Waals surface area contributed by atoms with Crippen LogP contribution in [-0.2, 0) is 19.6 Å². The van der Waals surface area contributed by atoms with Crippen molar-refractivity contribution in [2.24, 2.45) is 11.8 Å². The molecule has 1 N–H and O–H groups in total. The lowest BCUT2D eigenvalue weighted by Gasteiger charge is -2.30. The van der Waals surface area contributed by atoms with Gasteiger partial charge in [0.1, 0.15) is 0 Å². The fourth-order valence-corrected chi connectivity index (χ4v) is 5.05. The van der Waals surface area contributed by atoms with E-state index in [0.29, 0.717) is 6.54 Å². The van der Waals surface area contributed by atoms with Crippen molar-refractivity contribution in [3.8, 4) is 0 Å². The van der Waals surface area contributed by atoms with Crippen molar-refractivity contribution in [1.82, 2.24) is 15.1 Å². The van der Waals surface area contributed by atoms with E-state index in [0.717, 1.165) is 36.1 Å². The topological polar surface area (TPSA) is 35.6 Å². The Labute approximate surface area is 194 Å². The Kier molecular flexibility index (Phi) is 7.99. The maximum atomic E-state index is 12.7. The number of rotatable bonds is 7. The molecule has 0 spiro atoms. The largest absolute Gasteiger partial charge is 0.348 e. The van der Waals surface area contributed by atoms with Gasteiger partial charge in [-0.25, -0.2) is 0 Å². The number of benzene rings is 2. The van der Waals surface area contributed by atoms with Crippen LogP contribution in [0.3, 0.4) is 0 Å². The molecule has 32 heavy (non-hydrogen) atoms. The van der Waals surface area contributed by atoms with Crippen LogP contribution in [0.5, 0.6) is 0 Å². The van der Waals surface area contributed by atoms with Crippen molar-refractivity contribution in [3.05, 3.63) is 70.8 Å². The third-order valence-electron chi connectivity index (χ3n) is 7.09. The molecular weight excluding hydrogens is 394 g/mol. The average Bonchev–Trinajstić information content (AvgIpc) is 2.80. The minimum Gasteiger partial charge on any atom is -0.348 e. The quantitative estimate of drug-likeness (QED) is 0.661. The van der Waals surface area contributed by atoms with E-state index >= 15 is 0 Å². The maximum Gasteiger partial charge on any atom is 0.251 e. The highest BCUT2D eigenvalue weighted by Gasteiger charge is 2.17. The van der Waals surface area contributed by atoms with E-state index in [2.05, 4.69) is 65.4 Å². The van der Waals surface area contributed by atoms with Gasteiger partial charge in [-0.3, -0.25) is 14.6 Å². The fourth-order valence-electron chi connectivity index (χ4n) is 5.05. The van der Waals surface area contributed by atoms with Crippen LogP contribution in [0, 0.1) is 11.8 Å². The van der Waals surface area contributed by atoms with Gasteiger partial charge in [-0.15, -0.1) is 0 Å². The first-order valence-corrected chi connectivity index (χ1v) is 12.4. The van der Waals surface area contributed by atoms with E-state index in [-0.39, 0.29) is 5.91 Å². The van der Waals surface area contributed by atoms with Crippen LogP contribution in [0.4, 0.5) is 0 Å². The molecule has 1 amide bonds. The highest BCUT2D eigenvalue weighted by molar-refractivity contribution is 5.94. The highest BCUT2D eigenvalue weighted by atomic mass is 16.1. The summed E-state index contributed by atoms with van der Waals surface area (Å²) in [5.74, 6) is 1.64. The zero-order valence-corrected chi connectivity index (χ0v) is 19.9. The molecule has 2 fully saturated rings. The van der Waals surface area contributed by atoms with E-state index in [1.807, 2.05) is 12.1 Å². The van der Waals surface area contributed by atoms with Crippen molar-refractivity contribution in [1.29, 1.82) is 0 Å². The van der Waals surface area contributed by atoms with Crippen LogP contribution in [0.2, 0.25) is 0 Å². The Balaban J connectivity index is 1.26. The number of piperidine rings is 2. The standard InChI is InChI=1S/C28H39N3O/c1-22-12-15-30(16-13-22)20-24-8-10-27(11-9-24)28(32)29-18-25-6-3-7-26(17-25)21-31-14-4-5-23(2)19-31/h3,6-11,17,22-23H,4-5,12-16,18-21H2,1-2H3,(H,29,32). The summed E-state index contributed by atoms with van der Waals surface area (Å²) in [6.07, 6.45) is 5.23. The van der Waals surface area contributed by atoms with Crippen LogP contribution >= 0.6 is 0 Å². The van der Waals surface area contributed by atoms with Crippen molar-refractivity contribution in [3.63, 3.8) is 0 Å². The zero-order valence-electron chi connectivity index (χ0n) is 19.9. The first-order valence-electron chi connectivity index (χ1n) is 12.4. The molecule has 0 bridgehead atoms. The summed E-state index contributed by atoms with van der Waals surface area (Å²) in [4.78, 5) is 17.7. The van der Waals surface area contributed by atoms with Gasteiger partial charge < -0.3 is 5.32 Å². The molecule has 4 nitrogen and oxygen atoms in total. The van der Waals surface area contributed by atoms with Gasteiger partial charge in [0.15, 0.2) is 0 Å². The Morgan fingerprint density at radius 3 is 2.31 bits per heavy atom. The van der Waals surface area contributed by atoms with Crippen LogP contribution in [0.1, 0.15) is 66.6 Å². The van der Waals surface area contributed by atoms with E-state index in [1.165, 1.54) is 63.0 Å². The second-order valence-electron chi connectivity index (χ2n) is 10.1. The first-order chi connectivity index (χ1) is 15.5. The minimum absolute atomic E-state index is 0.00129. The number of hydrogen-bond donors (Lipinski definition) is 1. The lowest BCUT2D eigenvalue weighted by molar-refractivity contribution is 0.0951. The monoisotopic (exact) mass is 433 g/mol. The molecule has 0 radical (unpaired) electrons. The number of likely N-dealkylation sites (tertiary alicyclic amines) is 2. The summed E-state index contributed by atoms with van der Waals surface area (Å²) in [7, 11) is 0. The lowest BCUT2D eigenvalue weighted by atomic mass is 9.99. The van der Waals surface area contributed by atoms with E-state index in [9.17, 15) is 4.79 Å². The molecule has 2 saturated heterocycles. The third-order valence-corrected chi connectivity index (χ3v) is 7.09. The van der Waals surface area contributed by atoms with Gasteiger partial charge in [0.05, 0.1) is 0 Å². The molecule has 0 aromatic heterocycles. The van der Waals surface area contributed by atoms with Gasteiger partial charge in [0.25, 0.3) is 5.91 Å². The predicted octanol–water partition coefficient (Wildman–Crippen LogP) is 5.08. The Bertz CT molecular complexity index is 871. The number of carbonyl (C=O) groups excluding carboxylic acids is 1. The molecule has 0 aliphatic carbocycles. The number of amides is 1. The Morgan fingerprint density at radius 1 is 0.844 bits per heavy atom. The molecule has 2 aromatic carbocycles. The summed E-state index contributed by atoms with van der Waals surface area (Å²) in [5.41, 5.74) is 4.52. The van der Waals surface area contributed by atoms with Crippen molar-refractivity contribution in [2.75, 3.05) is 26.2 Å². The summed E-state index contributed by atoms with van der Waals surface area (Å²) in [6, 6.07) is 16.8. The summed E-state index contributed by atoms with van der Waals surface area (Å²) < 4.78 is 0. The van der Waals surface area contributed by atoms with Crippen molar-refractivity contribution >= 4 is 5.91 Å². The molecule has 2 aromatic rings. The second-order valence-corrected chi connectivity index (χ2v) is 10.1. The SMILES string of the molecule is CC1CCN(Cc2ccc(C(=O)NCc3cccc(CN4CCCC(C)C4)c3)cc2)CC1. The summed E-state index contributed by atoms with van der Waals surface area (Å²) >= 11 is 0. The average molecular weight is 434 g/mol. The van der Waals surface area contributed by atoms with Gasteiger partial charge in [-0.1, -0.05) is 50.2 Å². The lowest BCUT2D eigenvalue weighted by Crippen LogP contribution is -2.33. The number of nitrogens with one attached hydrogen (secondary N) is 1. The first kappa shape index (κ1) is 23.0. The van der Waals surface area contributed by atoms with E-state index in [4.69, 9.17) is 0 Å². The smallest absolute Gasteiger partial charge is 0.251 e. The molecule has 2 heterocycles. The van der Waals surface area contributed by atoms with Gasteiger partial charge in [0.2, 0.25) is 0 Å². The molecule has 4 heteroatoms. The van der Waals surface area contributed by atoms with Crippen molar-refractivity contribution < 1.29 is 4.79 Å². The van der Waals surface area contributed by atoms with Gasteiger partial charge in [0, 0.05) is 31.7 Å². The molecule has 0 saturated carbocycles. The van der Waals surface area contributed by atoms with E-state index in [1.54, 1.807) is 0 Å². The molecule has 2 aliphatic rings. The predicted molar refractivity (Wildman–Crippen MR) is 131 cm³/mol. The van der Waals surface area contributed by atoms with E-state index < -0.39 is 0 Å². The Morgan fingerprint density at radius 2 is 1.56 bits per heavy atom. The van der Waals surface area contributed by atoms with Crippen LogP contribution < -0.4 is 5.32 Å². The van der Waals surface area contributed by atoms with Gasteiger partial charge in [-0.2, -0.15) is 0 Å². The summed E-state index contributed by atoms with van der Waals surface area (Å²) in [5, 5.41) is 3.10. The molecule has 2 aliphatic heterocycles. The molecule has 4 rings (SSSR count). The number of hydrogen-bond acceptors (Lipinski definition) is 3. The molecule has 172 valence electrons. The fraction of sp³-hybridized carbons (Fsp3) is 0.536. The number of nitrogens with zero attached hydrogens (tertiary/aromatic N) is 2. The normalized spacial score (nSPS) is 20.9. The van der Waals surface area contributed by atoms with Gasteiger partial charge >= 0.3 is 0 Å². The van der Waals surface area contributed by atoms with Crippen LogP contribution in [0.15, 0.2) is 48.5 Å². The zero-order chi connectivity index (χ0) is 22.3. The maximum absolute atomic E-state index is 12.7. The number of carbonyl (C=O) groups is 1.